The number of methoxy groups -OCH3 is 1. The van der Waals surface area contributed by atoms with Gasteiger partial charge in [-0.05, 0) is 60.9 Å². The van der Waals surface area contributed by atoms with E-state index in [0.29, 0.717) is 22.3 Å². The smallest absolute Gasteiger partial charge is 0.347 e. The minimum Gasteiger partial charge on any atom is -0.497 e. The summed E-state index contributed by atoms with van der Waals surface area (Å²) in [6.07, 6.45) is -0.246. The Labute approximate surface area is 197 Å². The van der Waals surface area contributed by atoms with Crippen LogP contribution in [0.1, 0.15) is 25.0 Å². The highest BCUT2D eigenvalue weighted by atomic mass is 16.6. The Morgan fingerprint density at radius 2 is 1.71 bits per heavy atom. The Morgan fingerprint density at radius 3 is 2.38 bits per heavy atom. The Bertz CT molecular complexity index is 1340. The van der Waals surface area contributed by atoms with Crippen molar-refractivity contribution in [1.82, 2.24) is 0 Å². The second kappa shape index (κ2) is 10.3. The molecule has 34 heavy (non-hydrogen) atoms. The highest BCUT2D eigenvalue weighted by Crippen LogP contribution is 2.33. The zero-order valence-electron chi connectivity index (χ0n) is 19.4. The number of rotatable bonds is 8. The molecule has 1 heterocycles. The summed E-state index contributed by atoms with van der Waals surface area (Å²) in [5.41, 5.74) is 2.58. The maximum Gasteiger partial charge on any atom is 0.347 e. The molecular weight excluding hydrogens is 432 g/mol. The molecule has 1 aromatic heterocycles. The fourth-order valence-electron chi connectivity index (χ4n) is 3.56. The lowest BCUT2D eigenvalue weighted by Gasteiger charge is -2.17. The summed E-state index contributed by atoms with van der Waals surface area (Å²) in [5.74, 6) is 0.299. The van der Waals surface area contributed by atoms with Crippen molar-refractivity contribution in [3.63, 3.8) is 0 Å². The fraction of sp³-hybridized carbons (Fsp3) is 0.214. The Hall–Kier alpha value is -4.06. The molecule has 0 bridgehead atoms. The Balaban J connectivity index is 1.70. The molecule has 1 unspecified atom stereocenters. The van der Waals surface area contributed by atoms with Gasteiger partial charge >= 0.3 is 5.97 Å². The quantitative estimate of drug-likeness (QED) is 0.323. The van der Waals surface area contributed by atoms with E-state index < -0.39 is 12.1 Å². The van der Waals surface area contributed by atoms with Crippen LogP contribution in [0.4, 0.5) is 0 Å². The SMILES string of the molecule is CCc1ccc2oc(-c3ccc(OC)cc3)c(OC(C)C(=O)OCc3ccccc3)c(=O)c2c1. The maximum atomic E-state index is 13.5. The van der Waals surface area contributed by atoms with Crippen LogP contribution >= 0.6 is 0 Å². The molecule has 0 spiro atoms. The molecule has 6 heteroatoms. The van der Waals surface area contributed by atoms with Crippen LogP contribution in [-0.4, -0.2) is 19.2 Å². The first kappa shape index (κ1) is 23.1. The van der Waals surface area contributed by atoms with Crippen LogP contribution in [0.15, 0.2) is 82.0 Å². The van der Waals surface area contributed by atoms with Gasteiger partial charge < -0.3 is 18.6 Å². The summed E-state index contributed by atoms with van der Waals surface area (Å²) >= 11 is 0. The van der Waals surface area contributed by atoms with Gasteiger partial charge in [0.15, 0.2) is 11.9 Å². The molecule has 1 atom stereocenters. The number of ether oxygens (including phenoxy) is 3. The number of hydrogen-bond donors (Lipinski definition) is 0. The molecule has 0 saturated heterocycles. The van der Waals surface area contributed by atoms with E-state index >= 15 is 0 Å². The van der Waals surface area contributed by atoms with Gasteiger partial charge in [-0.25, -0.2) is 4.79 Å². The molecule has 0 fully saturated rings. The van der Waals surface area contributed by atoms with E-state index in [1.54, 1.807) is 50.4 Å². The second-order valence-corrected chi connectivity index (χ2v) is 7.86. The highest BCUT2D eigenvalue weighted by Gasteiger charge is 2.24. The number of benzene rings is 3. The van der Waals surface area contributed by atoms with Gasteiger partial charge in [0.05, 0.1) is 12.5 Å². The van der Waals surface area contributed by atoms with Gasteiger partial charge in [0, 0.05) is 5.56 Å². The van der Waals surface area contributed by atoms with Crippen molar-refractivity contribution in [1.29, 1.82) is 0 Å². The van der Waals surface area contributed by atoms with Crippen molar-refractivity contribution < 1.29 is 23.4 Å². The molecule has 6 nitrogen and oxygen atoms in total. The number of hydrogen-bond acceptors (Lipinski definition) is 6. The first-order valence-electron chi connectivity index (χ1n) is 11.1. The summed E-state index contributed by atoms with van der Waals surface area (Å²) in [7, 11) is 1.58. The minimum atomic E-state index is -1.02. The summed E-state index contributed by atoms with van der Waals surface area (Å²) in [6.45, 7) is 3.68. The lowest BCUT2D eigenvalue weighted by atomic mass is 10.1. The zero-order valence-corrected chi connectivity index (χ0v) is 19.4. The van der Waals surface area contributed by atoms with Gasteiger partial charge in [0.25, 0.3) is 0 Å². The van der Waals surface area contributed by atoms with Crippen molar-refractivity contribution in [2.75, 3.05) is 7.11 Å². The number of carbonyl (C=O) groups is 1. The number of carbonyl (C=O) groups excluding carboxylic acids is 1. The molecule has 0 N–H and O–H groups in total. The Morgan fingerprint density at radius 1 is 0.971 bits per heavy atom. The predicted molar refractivity (Wildman–Crippen MR) is 130 cm³/mol. The molecule has 0 aliphatic heterocycles. The van der Waals surface area contributed by atoms with Crippen LogP contribution in [0, 0.1) is 0 Å². The summed E-state index contributed by atoms with van der Waals surface area (Å²) in [6, 6.07) is 21.9. The van der Waals surface area contributed by atoms with E-state index in [0.717, 1.165) is 17.5 Å². The van der Waals surface area contributed by atoms with Gasteiger partial charge in [-0.15, -0.1) is 0 Å². The summed E-state index contributed by atoms with van der Waals surface area (Å²) in [4.78, 5) is 26.1. The van der Waals surface area contributed by atoms with Gasteiger partial charge in [0.2, 0.25) is 11.2 Å². The predicted octanol–water partition coefficient (Wildman–Crippen LogP) is 5.54. The first-order chi connectivity index (χ1) is 16.5. The molecule has 0 saturated carbocycles. The zero-order chi connectivity index (χ0) is 24.1. The van der Waals surface area contributed by atoms with Crippen molar-refractivity contribution in [3.05, 3.63) is 94.1 Å². The Kier molecular flexibility index (Phi) is 6.97. The van der Waals surface area contributed by atoms with Gasteiger partial charge in [0.1, 0.15) is 17.9 Å². The van der Waals surface area contributed by atoms with E-state index in [1.165, 1.54) is 0 Å². The highest BCUT2D eigenvalue weighted by molar-refractivity contribution is 5.83. The molecule has 0 amide bonds. The number of aryl methyl sites for hydroxylation is 1. The van der Waals surface area contributed by atoms with Gasteiger partial charge in [-0.2, -0.15) is 0 Å². The van der Waals surface area contributed by atoms with E-state index in [4.69, 9.17) is 18.6 Å². The van der Waals surface area contributed by atoms with Crippen molar-refractivity contribution >= 4 is 16.9 Å². The molecular formula is C28H26O6. The number of fused-ring (bicyclic) bond motifs is 1. The van der Waals surface area contributed by atoms with E-state index in [9.17, 15) is 9.59 Å². The molecule has 4 rings (SSSR count). The topological polar surface area (TPSA) is 75.0 Å². The number of esters is 1. The molecule has 174 valence electrons. The van der Waals surface area contributed by atoms with Gasteiger partial charge in [-0.1, -0.05) is 43.3 Å². The second-order valence-electron chi connectivity index (χ2n) is 7.86. The molecule has 4 aromatic rings. The van der Waals surface area contributed by atoms with Crippen LogP contribution in [-0.2, 0) is 22.6 Å². The monoisotopic (exact) mass is 458 g/mol. The van der Waals surface area contributed by atoms with Crippen LogP contribution < -0.4 is 14.9 Å². The molecule has 0 aliphatic rings. The van der Waals surface area contributed by atoms with E-state index in [2.05, 4.69) is 0 Å². The van der Waals surface area contributed by atoms with Crippen LogP contribution in [0.25, 0.3) is 22.3 Å². The standard InChI is InChI=1S/C28H26O6/c1-4-19-10-15-24-23(16-19)25(29)27(26(34-24)21-11-13-22(31-3)14-12-21)33-18(2)28(30)32-17-20-8-6-5-7-9-20/h5-16,18H,4,17H2,1-3H3. The van der Waals surface area contributed by atoms with Crippen molar-refractivity contribution in [2.45, 2.75) is 33.0 Å². The average Bonchev–Trinajstić information content (AvgIpc) is 2.89. The lowest BCUT2D eigenvalue weighted by molar-refractivity contribution is -0.152. The molecule has 0 aliphatic carbocycles. The van der Waals surface area contributed by atoms with Gasteiger partial charge in [-0.3, -0.25) is 4.79 Å². The molecule has 0 radical (unpaired) electrons. The largest absolute Gasteiger partial charge is 0.497 e. The third-order valence-electron chi connectivity index (χ3n) is 5.52. The average molecular weight is 459 g/mol. The minimum absolute atomic E-state index is 0.0323. The maximum absolute atomic E-state index is 13.5. The summed E-state index contributed by atoms with van der Waals surface area (Å²) in [5, 5.41) is 0.400. The molecule has 3 aromatic carbocycles. The van der Waals surface area contributed by atoms with E-state index in [-0.39, 0.29) is 23.5 Å². The fourth-order valence-corrected chi connectivity index (χ4v) is 3.56. The van der Waals surface area contributed by atoms with Crippen molar-refractivity contribution in [3.8, 4) is 22.8 Å². The summed E-state index contributed by atoms with van der Waals surface area (Å²) < 4.78 is 22.6. The van der Waals surface area contributed by atoms with Crippen LogP contribution in [0.5, 0.6) is 11.5 Å². The normalized spacial score (nSPS) is 11.7. The van der Waals surface area contributed by atoms with Crippen LogP contribution in [0.2, 0.25) is 0 Å². The third kappa shape index (κ3) is 4.96. The lowest BCUT2D eigenvalue weighted by Crippen LogP contribution is -2.28. The van der Waals surface area contributed by atoms with Crippen LogP contribution in [0.3, 0.4) is 0 Å². The first-order valence-corrected chi connectivity index (χ1v) is 11.1. The third-order valence-corrected chi connectivity index (χ3v) is 5.52. The van der Waals surface area contributed by atoms with E-state index in [1.807, 2.05) is 43.3 Å². The van der Waals surface area contributed by atoms with Crippen molar-refractivity contribution in [2.24, 2.45) is 0 Å².